The third kappa shape index (κ3) is 9.17. The predicted octanol–water partition coefficient (Wildman–Crippen LogP) is -1.14. The van der Waals surface area contributed by atoms with Crippen molar-refractivity contribution in [2.75, 3.05) is 0 Å². The average molecular weight is 153 g/mol. The summed E-state index contributed by atoms with van der Waals surface area (Å²) in [6.07, 6.45) is 0. The van der Waals surface area contributed by atoms with Gasteiger partial charge in [-0.05, 0) is 0 Å². The van der Waals surface area contributed by atoms with Gasteiger partial charge in [0.25, 0.3) is 0 Å². The van der Waals surface area contributed by atoms with Gasteiger partial charge < -0.3 is 0 Å². The summed E-state index contributed by atoms with van der Waals surface area (Å²) in [4.78, 5) is 0. The average Bonchev–Trinajstić information content (AvgIpc) is 0. The van der Waals surface area contributed by atoms with Crippen molar-refractivity contribution in [1.29, 1.82) is 0 Å². The van der Waals surface area contributed by atoms with Gasteiger partial charge in [0.05, 0.1) is 0 Å². The molecule has 0 unspecified atom stereocenters. The summed E-state index contributed by atoms with van der Waals surface area (Å²) in [6, 6.07) is 0. The van der Waals surface area contributed by atoms with Crippen LogP contribution in [0.25, 0.3) is 0 Å². The van der Waals surface area contributed by atoms with Gasteiger partial charge in [0, 0.05) is 110 Å². The Kier molecular flexibility index (Phi) is 101. The Balaban J connectivity index is 0. The van der Waals surface area contributed by atoms with E-state index in [1.165, 1.54) is 0 Å². The summed E-state index contributed by atoms with van der Waals surface area (Å²) in [6.45, 7) is 0. The second-order valence-electron chi connectivity index (χ2n) is 0. The maximum Gasteiger partial charge on any atom is 0 e. The Morgan fingerprint density at radius 2 is 1.00 bits per heavy atom. The zero-order valence-corrected chi connectivity index (χ0v) is 11.7. The second-order valence-corrected chi connectivity index (χ2v) is 0. The van der Waals surface area contributed by atoms with Gasteiger partial charge in [-0.3, -0.25) is 0 Å². The molecule has 0 spiro atoms. The van der Waals surface area contributed by atoms with Gasteiger partial charge >= 0.3 is 0 Å². The Hall–Kier alpha value is 3.65. The van der Waals surface area contributed by atoms with Crippen LogP contribution in [0.3, 0.4) is 0 Å². The molecule has 4 heteroatoms. The van der Waals surface area contributed by atoms with E-state index in [1.54, 1.807) is 0 Å². The van der Waals surface area contributed by atoms with E-state index in [2.05, 4.69) is 0 Å². The molecule has 0 nitrogen and oxygen atoms in total. The SMILES string of the molecule is [Ca].[Mg].[Na].[Zn]. The fourth-order valence-corrected chi connectivity index (χ4v) is 0. The van der Waals surface area contributed by atoms with Crippen LogP contribution in [0.15, 0.2) is 0 Å². The Morgan fingerprint density at radius 3 is 1.00 bits per heavy atom. The molecule has 0 fully saturated rings. The van der Waals surface area contributed by atoms with Crippen LogP contribution < -0.4 is 0 Å². The molecule has 0 N–H and O–H groups in total. The van der Waals surface area contributed by atoms with Gasteiger partial charge in [0.1, 0.15) is 0 Å². The smallest absolute Gasteiger partial charge is 0 e. The van der Waals surface area contributed by atoms with Crippen LogP contribution in [0.5, 0.6) is 0 Å². The van der Waals surface area contributed by atoms with Crippen LogP contribution in [0.4, 0.5) is 0 Å². The molecule has 0 saturated carbocycles. The molecule has 0 aliphatic rings. The molecule has 7 valence electrons. The normalized spacial score (nSPS) is 0. The van der Waals surface area contributed by atoms with E-state index in [0.29, 0.717) is 0 Å². The van der Waals surface area contributed by atoms with Crippen molar-refractivity contribution in [1.82, 2.24) is 0 Å². The van der Waals surface area contributed by atoms with Gasteiger partial charge in [-0.15, -0.1) is 0 Å². The van der Waals surface area contributed by atoms with Crippen molar-refractivity contribution in [2.45, 2.75) is 0 Å². The molecule has 0 saturated heterocycles. The van der Waals surface area contributed by atoms with Gasteiger partial charge in [-0.2, -0.15) is 0 Å². The molecule has 0 aliphatic carbocycles. The zero-order valence-electron chi connectivity index (χ0n) is 3.12. The van der Waals surface area contributed by atoms with Gasteiger partial charge in [-0.25, -0.2) is 0 Å². The van der Waals surface area contributed by atoms with E-state index < -0.39 is 0 Å². The van der Waals surface area contributed by atoms with Gasteiger partial charge in [-0.1, -0.05) is 0 Å². The van der Waals surface area contributed by atoms with E-state index >= 15 is 0 Å². The van der Waals surface area contributed by atoms with Crippen molar-refractivity contribution in [3.8, 4) is 0 Å². The molecule has 0 rings (SSSR count). The van der Waals surface area contributed by atoms with Crippen LogP contribution in [-0.2, 0) is 19.5 Å². The third-order valence-corrected chi connectivity index (χ3v) is 0. The molecule has 0 heterocycles. The molecule has 0 atom stereocenters. The second kappa shape index (κ2) is 15.9. The first-order chi connectivity index (χ1) is 0. The van der Waals surface area contributed by atoms with E-state index in [1.807, 2.05) is 0 Å². The van der Waals surface area contributed by atoms with E-state index in [4.69, 9.17) is 0 Å². The minimum absolute atomic E-state index is 0. The summed E-state index contributed by atoms with van der Waals surface area (Å²) < 4.78 is 0. The summed E-state index contributed by atoms with van der Waals surface area (Å²) in [5.41, 5.74) is 0. The van der Waals surface area contributed by atoms with E-state index in [-0.39, 0.29) is 110 Å². The molecule has 0 aromatic heterocycles. The number of hydrogen-bond donors (Lipinski definition) is 0. The summed E-state index contributed by atoms with van der Waals surface area (Å²) in [5, 5.41) is 0. The van der Waals surface area contributed by atoms with Crippen molar-refractivity contribution in [2.24, 2.45) is 0 Å². The molecule has 4 heavy (non-hydrogen) atoms. The fourth-order valence-electron chi connectivity index (χ4n) is 0. The first-order valence-corrected chi connectivity index (χ1v) is 0. The largest absolute Gasteiger partial charge is 0 e. The first-order valence-electron chi connectivity index (χ1n) is 0. The molecular weight excluding hydrogens is 153 g/mol. The van der Waals surface area contributed by atoms with Crippen molar-refractivity contribution >= 4 is 90.3 Å². The molecule has 0 aromatic carbocycles. The minimum Gasteiger partial charge on any atom is 0 e. The zero-order chi connectivity index (χ0) is 0. The van der Waals surface area contributed by atoms with Gasteiger partial charge in [0.2, 0.25) is 0 Å². The standard InChI is InChI=1S/Ca.Mg.Na.Zn. The number of rotatable bonds is 0. The predicted molar refractivity (Wildman–Crippen MR) is 17.3 cm³/mol. The van der Waals surface area contributed by atoms with E-state index in [9.17, 15) is 0 Å². The number of hydrogen-bond acceptors (Lipinski definition) is 0. The van der Waals surface area contributed by atoms with Crippen molar-refractivity contribution in [3.05, 3.63) is 0 Å². The van der Waals surface area contributed by atoms with E-state index in [0.717, 1.165) is 0 Å². The van der Waals surface area contributed by atoms with Crippen LogP contribution in [0, 0.1) is 0 Å². The maximum atomic E-state index is 0. The molecule has 0 bridgehead atoms. The Bertz CT molecular complexity index is 8.00. The third-order valence-electron chi connectivity index (χ3n) is 0. The monoisotopic (exact) mass is 151 g/mol. The van der Waals surface area contributed by atoms with Gasteiger partial charge in [0.15, 0.2) is 0 Å². The van der Waals surface area contributed by atoms with Crippen LogP contribution in [0.1, 0.15) is 0 Å². The Morgan fingerprint density at radius 1 is 1.00 bits per heavy atom. The topological polar surface area (TPSA) is 0 Å². The van der Waals surface area contributed by atoms with Crippen LogP contribution in [0.2, 0.25) is 0 Å². The quantitative estimate of drug-likeness (QED) is 0.385. The van der Waals surface area contributed by atoms with Crippen LogP contribution in [-0.4, -0.2) is 90.3 Å². The Labute approximate surface area is 107 Å². The van der Waals surface area contributed by atoms with Crippen molar-refractivity contribution < 1.29 is 19.5 Å². The summed E-state index contributed by atoms with van der Waals surface area (Å²) in [5.74, 6) is 0. The molecule has 0 aliphatic heterocycles. The minimum atomic E-state index is 0. The maximum absolute atomic E-state index is 0. The summed E-state index contributed by atoms with van der Waals surface area (Å²) in [7, 11) is 0. The molecule has 0 amide bonds. The fraction of sp³-hybridized carbons (Fsp3) is 0. The molecule has 0 aromatic rings. The molecular formula is CaMgNaZn. The molecule has 5 radical (unpaired) electrons. The first kappa shape index (κ1) is 25.4. The van der Waals surface area contributed by atoms with Crippen molar-refractivity contribution in [3.63, 3.8) is 0 Å². The van der Waals surface area contributed by atoms with Crippen LogP contribution >= 0.6 is 0 Å². The summed E-state index contributed by atoms with van der Waals surface area (Å²) >= 11 is 0.